The van der Waals surface area contributed by atoms with Gasteiger partial charge in [0.25, 0.3) is 0 Å². The molecule has 0 fully saturated rings. The van der Waals surface area contributed by atoms with Gasteiger partial charge >= 0.3 is 0 Å². The van der Waals surface area contributed by atoms with Crippen LogP contribution in [0.5, 0.6) is 0 Å². The number of hydrogen-bond donors (Lipinski definition) is 1. The lowest BCUT2D eigenvalue weighted by atomic mass is 10.1. The number of hydrogen-bond acceptors (Lipinski definition) is 2. The number of rotatable bonds is 10. The highest BCUT2D eigenvalue weighted by atomic mass is 15.1. The Morgan fingerprint density at radius 3 is 2.31 bits per heavy atom. The van der Waals surface area contributed by atoms with Crippen LogP contribution in [-0.2, 0) is 0 Å². The van der Waals surface area contributed by atoms with Crippen LogP contribution < -0.4 is 5.32 Å². The third-order valence-electron chi connectivity index (χ3n) is 2.92. The first-order chi connectivity index (χ1) is 7.60. The third-order valence-corrected chi connectivity index (χ3v) is 2.92. The highest BCUT2D eigenvalue weighted by Crippen LogP contribution is 2.03. The normalized spacial score (nSPS) is 13.7. The molecule has 98 valence electrons. The zero-order valence-electron chi connectivity index (χ0n) is 12.1. The summed E-state index contributed by atoms with van der Waals surface area (Å²) in [7, 11) is 0. The minimum atomic E-state index is 0.678. The van der Waals surface area contributed by atoms with Crippen molar-refractivity contribution in [2.75, 3.05) is 26.2 Å². The Hall–Kier alpha value is -0.0800. The largest absolute Gasteiger partial charge is 0.314 e. The lowest BCUT2D eigenvalue weighted by Crippen LogP contribution is -2.31. The molecule has 0 aliphatic rings. The van der Waals surface area contributed by atoms with E-state index in [1.165, 1.54) is 38.9 Å². The van der Waals surface area contributed by atoms with Gasteiger partial charge in [-0.25, -0.2) is 0 Å². The monoisotopic (exact) mass is 228 g/mol. The van der Waals surface area contributed by atoms with Crippen LogP contribution in [0.2, 0.25) is 0 Å². The molecular formula is C14H32N2. The minimum absolute atomic E-state index is 0.678. The van der Waals surface area contributed by atoms with E-state index in [-0.39, 0.29) is 0 Å². The van der Waals surface area contributed by atoms with Gasteiger partial charge in [0.2, 0.25) is 0 Å². The fourth-order valence-corrected chi connectivity index (χ4v) is 2.01. The molecule has 0 bridgehead atoms. The van der Waals surface area contributed by atoms with E-state index in [0.717, 1.165) is 12.5 Å². The maximum absolute atomic E-state index is 3.55. The molecule has 0 aromatic carbocycles. The highest BCUT2D eigenvalue weighted by molar-refractivity contribution is 4.63. The predicted octanol–water partition coefficient (Wildman–Crippen LogP) is 3.13. The fourth-order valence-electron chi connectivity index (χ4n) is 2.01. The molecule has 1 atom stereocenters. The molecule has 0 radical (unpaired) electrons. The summed E-state index contributed by atoms with van der Waals surface area (Å²) in [5.74, 6) is 0.788. The Morgan fingerprint density at radius 1 is 1.12 bits per heavy atom. The minimum Gasteiger partial charge on any atom is -0.314 e. The summed E-state index contributed by atoms with van der Waals surface area (Å²) < 4.78 is 0. The second-order valence-electron chi connectivity index (χ2n) is 5.28. The summed E-state index contributed by atoms with van der Waals surface area (Å²) in [6.07, 6.45) is 3.85. The molecule has 2 heteroatoms. The second kappa shape index (κ2) is 10.1. The SMILES string of the molecule is CCCNC(C)CCCN(CC)CC(C)C. The Labute approximate surface area is 103 Å². The maximum Gasteiger partial charge on any atom is 0.00391 e. The molecule has 1 unspecified atom stereocenters. The lowest BCUT2D eigenvalue weighted by Gasteiger charge is -2.23. The third kappa shape index (κ3) is 9.17. The summed E-state index contributed by atoms with van der Waals surface area (Å²) in [4.78, 5) is 2.57. The van der Waals surface area contributed by atoms with Gasteiger partial charge in [0.05, 0.1) is 0 Å². The van der Waals surface area contributed by atoms with Crippen LogP contribution in [0.25, 0.3) is 0 Å². The molecule has 1 N–H and O–H groups in total. The quantitative estimate of drug-likeness (QED) is 0.618. The highest BCUT2D eigenvalue weighted by Gasteiger charge is 2.06. The summed E-state index contributed by atoms with van der Waals surface area (Å²) in [6.45, 7) is 16.2. The molecule has 0 rings (SSSR count). The van der Waals surface area contributed by atoms with Crippen molar-refractivity contribution in [3.63, 3.8) is 0 Å². The molecule has 0 aromatic heterocycles. The summed E-state index contributed by atoms with van der Waals surface area (Å²) in [5.41, 5.74) is 0. The van der Waals surface area contributed by atoms with Crippen LogP contribution in [-0.4, -0.2) is 37.1 Å². The Bertz CT molecular complexity index is 146. The van der Waals surface area contributed by atoms with E-state index >= 15 is 0 Å². The van der Waals surface area contributed by atoms with E-state index in [1.807, 2.05) is 0 Å². The van der Waals surface area contributed by atoms with Crippen molar-refractivity contribution in [1.29, 1.82) is 0 Å². The predicted molar refractivity (Wildman–Crippen MR) is 73.9 cm³/mol. The van der Waals surface area contributed by atoms with Gasteiger partial charge in [-0.3, -0.25) is 0 Å². The standard InChI is InChI=1S/C14H32N2/c1-6-10-15-14(5)9-8-11-16(7-2)12-13(3)4/h13-15H,6-12H2,1-5H3. The molecule has 2 nitrogen and oxygen atoms in total. The van der Waals surface area contributed by atoms with Gasteiger partial charge < -0.3 is 10.2 Å². The zero-order valence-corrected chi connectivity index (χ0v) is 12.1. The first kappa shape index (κ1) is 15.9. The molecule has 0 amide bonds. The summed E-state index contributed by atoms with van der Waals surface area (Å²) in [5, 5.41) is 3.55. The van der Waals surface area contributed by atoms with Crippen molar-refractivity contribution in [3.05, 3.63) is 0 Å². The fraction of sp³-hybridized carbons (Fsp3) is 1.00. The van der Waals surface area contributed by atoms with Gasteiger partial charge in [-0.05, 0) is 51.7 Å². The van der Waals surface area contributed by atoms with E-state index in [2.05, 4.69) is 44.8 Å². The maximum atomic E-state index is 3.55. The average molecular weight is 228 g/mol. The van der Waals surface area contributed by atoms with Crippen molar-refractivity contribution >= 4 is 0 Å². The molecule has 0 spiro atoms. The van der Waals surface area contributed by atoms with Crippen molar-refractivity contribution < 1.29 is 0 Å². The zero-order chi connectivity index (χ0) is 12.4. The van der Waals surface area contributed by atoms with Crippen molar-refractivity contribution in [1.82, 2.24) is 10.2 Å². The first-order valence-electron chi connectivity index (χ1n) is 7.05. The van der Waals surface area contributed by atoms with E-state index < -0.39 is 0 Å². The van der Waals surface area contributed by atoms with E-state index in [0.29, 0.717) is 6.04 Å². The van der Waals surface area contributed by atoms with Crippen LogP contribution in [0.4, 0.5) is 0 Å². The molecule has 0 saturated heterocycles. The van der Waals surface area contributed by atoms with Crippen LogP contribution >= 0.6 is 0 Å². The summed E-state index contributed by atoms with van der Waals surface area (Å²) >= 11 is 0. The van der Waals surface area contributed by atoms with Crippen LogP contribution in [0.15, 0.2) is 0 Å². The molecular weight excluding hydrogens is 196 g/mol. The topological polar surface area (TPSA) is 15.3 Å². The molecule has 16 heavy (non-hydrogen) atoms. The van der Waals surface area contributed by atoms with Crippen molar-refractivity contribution in [2.45, 2.75) is 59.9 Å². The van der Waals surface area contributed by atoms with Crippen LogP contribution in [0.3, 0.4) is 0 Å². The van der Waals surface area contributed by atoms with Gasteiger partial charge in [-0.2, -0.15) is 0 Å². The molecule has 0 aliphatic heterocycles. The van der Waals surface area contributed by atoms with Gasteiger partial charge in [0.1, 0.15) is 0 Å². The van der Waals surface area contributed by atoms with Crippen LogP contribution in [0, 0.1) is 5.92 Å². The number of nitrogens with zero attached hydrogens (tertiary/aromatic N) is 1. The lowest BCUT2D eigenvalue weighted by molar-refractivity contribution is 0.248. The number of nitrogens with one attached hydrogen (secondary N) is 1. The molecule has 0 heterocycles. The Morgan fingerprint density at radius 2 is 1.81 bits per heavy atom. The Kier molecular flexibility index (Phi) is 10.0. The van der Waals surface area contributed by atoms with Crippen molar-refractivity contribution in [2.24, 2.45) is 5.92 Å². The first-order valence-corrected chi connectivity index (χ1v) is 7.05. The molecule has 0 saturated carbocycles. The van der Waals surface area contributed by atoms with Gasteiger partial charge in [0.15, 0.2) is 0 Å². The average Bonchev–Trinajstić information content (AvgIpc) is 2.24. The Balaban J connectivity index is 3.53. The van der Waals surface area contributed by atoms with Gasteiger partial charge in [0, 0.05) is 12.6 Å². The summed E-state index contributed by atoms with van der Waals surface area (Å²) in [6, 6.07) is 0.678. The molecule has 0 aromatic rings. The van der Waals surface area contributed by atoms with Crippen molar-refractivity contribution in [3.8, 4) is 0 Å². The second-order valence-corrected chi connectivity index (χ2v) is 5.28. The smallest absolute Gasteiger partial charge is 0.00391 e. The van der Waals surface area contributed by atoms with Crippen LogP contribution in [0.1, 0.15) is 53.9 Å². The van der Waals surface area contributed by atoms with E-state index in [9.17, 15) is 0 Å². The van der Waals surface area contributed by atoms with E-state index in [1.54, 1.807) is 0 Å². The van der Waals surface area contributed by atoms with E-state index in [4.69, 9.17) is 0 Å². The molecule has 0 aliphatic carbocycles. The van der Waals surface area contributed by atoms with Gasteiger partial charge in [-0.1, -0.05) is 27.7 Å². The van der Waals surface area contributed by atoms with Gasteiger partial charge in [-0.15, -0.1) is 0 Å².